The van der Waals surface area contributed by atoms with Crippen molar-refractivity contribution in [2.24, 2.45) is 0 Å². The van der Waals surface area contributed by atoms with Crippen LogP contribution in [0.3, 0.4) is 0 Å². The van der Waals surface area contributed by atoms with Crippen molar-refractivity contribution in [1.29, 1.82) is 0 Å². The third-order valence-electron chi connectivity index (χ3n) is 2.72. The first-order valence-electron chi connectivity index (χ1n) is 5.40. The standard InChI is InChI=1S/C12H7FN4O2/c13-10-2-1-3-11-9(10)7-15-16(11)12-5-4-8(6-14-12)17(18)19/h1-7H. The molecule has 3 rings (SSSR count). The first kappa shape index (κ1) is 11.3. The van der Waals surface area contributed by atoms with Gasteiger partial charge in [-0.1, -0.05) is 6.07 Å². The number of nitrogens with zero attached hydrogens (tertiary/aromatic N) is 4. The molecule has 0 atom stereocenters. The van der Waals surface area contributed by atoms with E-state index < -0.39 is 4.92 Å². The maximum Gasteiger partial charge on any atom is 0.287 e. The SMILES string of the molecule is O=[N+]([O-])c1ccc(-n2ncc3c(F)cccc32)nc1. The molecule has 0 saturated heterocycles. The predicted molar refractivity (Wildman–Crippen MR) is 65.5 cm³/mol. The lowest BCUT2D eigenvalue weighted by Crippen LogP contribution is -1.99. The molecular weight excluding hydrogens is 251 g/mol. The van der Waals surface area contributed by atoms with Gasteiger partial charge in [-0.25, -0.2) is 14.1 Å². The van der Waals surface area contributed by atoms with Crippen LogP contribution in [-0.4, -0.2) is 19.7 Å². The normalized spacial score (nSPS) is 10.8. The Kier molecular flexibility index (Phi) is 2.45. The highest BCUT2D eigenvalue weighted by Gasteiger charge is 2.11. The maximum atomic E-state index is 13.5. The lowest BCUT2D eigenvalue weighted by atomic mass is 10.2. The summed E-state index contributed by atoms with van der Waals surface area (Å²) in [4.78, 5) is 14.0. The minimum absolute atomic E-state index is 0.105. The van der Waals surface area contributed by atoms with Gasteiger partial charge in [0.2, 0.25) is 0 Å². The van der Waals surface area contributed by atoms with E-state index in [0.29, 0.717) is 16.7 Å². The molecule has 0 N–H and O–H groups in total. The van der Waals surface area contributed by atoms with Gasteiger partial charge in [0.05, 0.1) is 22.0 Å². The fourth-order valence-electron chi connectivity index (χ4n) is 1.81. The van der Waals surface area contributed by atoms with E-state index in [-0.39, 0.29) is 11.5 Å². The number of nitro groups is 1. The monoisotopic (exact) mass is 258 g/mol. The maximum absolute atomic E-state index is 13.5. The molecule has 19 heavy (non-hydrogen) atoms. The van der Waals surface area contributed by atoms with Crippen LogP contribution >= 0.6 is 0 Å². The Morgan fingerprint density at radius 1 is 1.21 bits per heavy atom. The van der Waals surface area contributed by atoms with E-state index in [9.17, 15) is 14.5 Å². The van der Waals surface area contributed by atoms with Crippen molar-refractivity contribution in [2.75, 3.05) is 0 Å². The Morgan fingerprint density at radius 2 is 2.05 bits per heavy atom. The van der Waals surface area contributed by atoms with Crippen LogP contribution < -0.4 is 0 Å². The average Bonchev–Trinajstić information content (AvgIpc) is 2.84. The van der Waals surface area contributed by atoms with Crippen LogP contribution in [0.2, 0.25) is 0 Å². The van der Waals surface area contributed by atoms with E-state index in [4.69, 9.17) is 0 Å². The third-order valence-corrected chi connectivity index (χ3v) is 2.72. The zero-order valence-electron chi connectivity index (χ0n) is 9.52. The van der Waals surface area contributed by atoms with Gasteiger partial charge in [-0.15, -0.1) is 0 Å². The Morgan fingerprint density at radius 3 is 2.74 bits per heavy atom. The molecule has 0 aliphatic carbocycles. The largest absolute Gasteiger partial charge is 0.287 e. The van der Waals surface area contributed by atoms with Crippen molar-refractivity contribution < 1.29 is 9.31 Å². The van der Waals surface area contributed by atoms with Crippen molar-refractivity contribution in [1.82, 2.24) is 14.8 Å². The summed E-state index contributed by atoms with van der Waals surface area (Å²) in [7, 11) is 0. The molecule has 2 aromatic heterocycles. The summed E-state index contributed by atoms with van der Waals surface area (Å²) in [6.45, 7) is 0. The zero-order valence-corrected chi connectivity index (χ0v) is 9.52. The molecular formula is C12H7FN4O2. The molecule has 0 fully saturated rings. The summed E-state index contributed by atoms with van der Waals surface area (Å²) in [6.07, 6.45) is 2.54. The number of rotatable bonds is 2. The Hall–Kier alpha value is -2.83. The summed E-state index contributed by atoms with van der Waals surface area (Å²) >= 11 is 0. The quantitative estimate of drug-likeness (QED) is 0.522. The van der Waals surface area contributed by atoms with E-state index in [1.807, 2.05) is 0 Å². The summed E-state index contributed by atoms with van der Waals surface area (Å²) in [5, 5.41) is 15.0. The van der Waals surface area contributed by atoms with Crippen LogP contribution in [0.5, 0.6) is 0 Å². The summed E-state index contributed by atoms with van der Waals surface area (Å²) in [6, 6.07) is 7.41. The van der Waals surface area contributed by atoms with Gasteiger partial charge in [-0.3, -0.25) is 10.1 Å². The molecule has 0 aliphatic rings. The second-order valence-corrected chi connectivity index (χ2v) is 3.86. The number of fused-ring (bicyclic) bond motifs is 1. The van der Waals surface area contributed by atoms with Crippen molar-refractivity contribution >= 4 is 16.6 Å². The molecule has 0 unspecified atom stereocenters. The molecule has 0 amide bonds. The minimum atomic E-state index is -0.530. The average molecular weight is 258 g/mol. The zero-order chi connectivity index (χ0) is 13.4. The molecule has 0 aliphatic heterocycles. The number of pyridine rings is 1. The molecule has 2 heterocycles. The van der Waals surface area contributed by atoms with Crippen molar-refractivity contribution in [2.45, 2.75) is 0 Å². The highest BCUT2D eigenvalue weighted by molar-refractivity contribution is 5.80. The highest BCUT2D eigenvalue weighted by atomic mass is 19.1. The van der Waals surface area contributed by atoms with Crippen molar-refractivity contribution in [3.63, 3.8) is 0 Å². The van der Waals surface area contributed by atoms with Gasteiger partial charge >= 0.3 is 0 Å². The van der Waals surface area contributed by atoms with Gasteiger partial charge in [0.1, 0.15) is 12.0 Å². The van der Waals surface area contributed by atoms with E-state index in [1.54, 1.807) is 12.1 Å². The second kappa shape index (κ2) is 4.13. The minimum Gasteiger partial charge on any atom is -0.258 e. The van der Waals surface area contributed by atoms with E-state index in [0.717, 1.165) is 6.20 Å². The van der Waals surface area contributed by atoms with Gasteiger partial charge in [-0.2, -0.15) is 5.10 Å². The number of benzene rings is 1. The Labute approximate surface area is 106 Å². The molecule has 6 nitrogen and oxygen atoms in total. The highest BCUT2D eigenvalue weighted by Crippen LogP contribution is 2.20. The topological polar surface area (TPSA) is 73.8 Å². The fourth-order valence-corrected chi connectivity index (χ4v) is 1.81. The fraction of sp³-hybridized carbons (Fsp3) is 0. The molecule has 94 valence electrons. The summed E-state index contributed by atoms with van der Waals surface area (Å²) in [5.74, 6) is 0.0249. The molecule has 0 bridgehead atoms. The third kappa shape index (κ3) is 1.81. The first-order chi connectivity index (χ1) is 9.16. The lowest BCUT2D eigenvalue weighted by Gasteiger charge is -2.01. The molecule has 1 aromatic carbocycles. The molecule has 7 heteroatoms. The van der Waals surface area contributed by atoms with Gasteiger partial charge in [-0.05, 0) is 18.2 Å². The van der Waals surface area contributed by atoms with Crippen LogP contribution in [0, 0.1) is 15.9 Å². The Balaban J connectivity index is 2.14. The van der Waals surface area contributed by atoms with Crippen LogP contribution in [0.25, 0.3) is 16.7 Å². The molecule has 0 radical (unpaired) electrons. The van der Waals surface area contributed by atoms with Crippen molar-refractivity contribution in [3.8, 4) is 5.82 Å². The van der Waals surface area contributed by atoms with Gasteiger partial charge in [0, 0.05) is 6.07 Å². The van der Waals surface area contributed by atoms with E-state index in [2.05, 4.69) is 10.1 Å². The number of halogens is 1. The number of aromatic nitrogens is 3. The van der Waals surface area contributed by atoms with E-state index in [1.165, 1.54) is 29.1 Å². The van der Waals surface area contributed by atoms with Crippen LogP contribution in [0.1, 0.15) is 0 Å². The summed E-state index contributed by atoms with van der Waals surface area (Å²) in [5.41, 5.74) is 0.452. The molecule has 3 aromatic rings. The number of hydrogen-bond donors (Lipinski definition) is 0. The van der Waals surface area contributed by atoms with Crippen LogP contribution in [-0.2, 0) is 0 Å². The van der Waals surface area contributed by atoms with E-state index >= 15 is 0 Å². The van der Waals surface area contributed by atoms with Gasteiger partial charge in [0.15, 0.2) is 5.82 Å². The van der Waals surface area contributed by atoms with Crippen LogP contribution in [0.15, 0.2) is 42.7 Å². The first-order valence-corrected chi connectivity index (χ1v) is 5.40. The van der Waals surface area contributed by atoms with Gasteiger partial charge in [0.25, 0.3) is 5.69 Å². The second-order valence-electron chi connectivity index (χ2n) is 3.86. The van der Waals surface area contributed by atoms with Gasteiger partial charge < -0.3 is 0 Å². The predicted octanol–water partition coefficient (Wildman–Crippen LogP) is 2.47. The molecule has 0 spiro atoms. The molecule has 0 saturated carbocycles. The summed E-state index contributed by atoms with van der Waals surface area (Å²) < 4.78 is 15.0. The lowest BCUT2D eigenvalue weighted by molar-refractivity contribution is -0.385. The van der Waals surface area contributed by atoms with Crippen LogP contribution in [0.4, 0.5) is 10.1 Å². The smallest absolute Gasteiger partial charge is 0.258 e. The Bertz CT molecular complexity index is 767. The van der Waals surface area contributed by atoms with Crippen molar-refractivity contribution in [3.05, 3.63) is 58.7 Å². The number of hydrogen-bond acceptors (Lipinski definition) is 4.